The van der Waals surface area contributed by atoms with Crippen LogP contribution in [-0.2, 0) is 6.42 Å². The molecule has 3 rings (SSSR count). The molecule has 0 radical (unpaired) electrons. The number of carbonyl (C=O) groups excluding carboxylic acids is 1. The third kappa shape index (κ3) is 2.38. The van der Waals surface area contributed by atoms with E-state index >= 15 is 0 Å². The SMILES string of the molecule is CNC(=O)c1ccccc1-c1cccc2c1O[C@@H](CN)C2. The van der Waals surface area contributed by atoms with Gasteiger partial charge in [-0.2, -0.15) is 0 Å². The molecule has 1 heterocycles. The van der Waals surface area contributed by atoms with Crippen LogP contribution in [0.5, 0.6) is 5.75 Å². The van der Waals surface area contributed by atoms with Crippen molar-refractivity contribution in [3.8, 4) is 16.9 Å². The molecule has 1 aliphatic rings. The molecule has 0 spiro atoms. The van der Waals surface area contributed by atoms with E-state index in [0.717, 1.165) is 28.9 Å². The molecule has 0 unspecified atom stereocenters. The Balaban J connectivity index is 2.12. The van der Waals surface area contributed by atoms with E-state index in [-0.39, 0.29) is 12.0 Å². The van der Waals surface area contributed by atoms with Crippen LogP contribution >= 0.6 is 0 Å². The highest BCUT2D eigenvalue weighted by molar-refractivity contribution is 6.01. The minimum atomic E-state index is -0.100. The van der Waals surface area contributed by atoms with Crippen molar-refractivity contribution in [3.05, 3.63) is 53.6 Å². The van der Waals surface area contributed by atoms with Gasteiger partial charge in [-0.15, -0.1) is 0 Å². The molecule has 4 heteroatoms. The van der Waals surface area contributed by atoms with E-state index < -0.39 is 0 Å². The Bertz CT molecular complexity index is 682. The number of benzene rings is 2. The zero-order valence-corrected chi connectivity index (χ0v) is 11.9. The Morgan fingerprint density at radius 1 is 1.24 bits per heavy atom. The molecule has 1 aliphatic heterocycles. The second kappa shape index (κ2) is 5.58. The Hall–Kier alpha value is -2.33. The van der Waals surface area contributed by atoms with E-state index in [9.17, 15) is 4.79 Å². The standard InChI is InChI=1S/C17H18N2O2/c1-19-17(20)15-7-3-2-6-13(15)14-8-4-5-11-9-12(10-18)21-16(11)14/h2-8,12H,9-10,18H2,1H3,(H,19,20)/t12-/m1/s1. The van der Waals surface area contributed by atoms with Crippen molar-refractivity contribution in [1.82, 2.24) is 5.32 Å². The van der Waals surface area contributed by atoms with Crippen molar-refractivity contribution >= 4 is 5.91 Å². The summed E-state index contributed by atoms with van der Waals surface area (Å²) in [4.78, 5) is 12.1. The van der Waals surface area contributed by atoms with Gasteiger partial charge in [0.2, 0.25) is 0 Å². The highest BCUT2D eigenvalue weighted by Crippen LogP contribution is 2.39. The molecule has 0 aromatic heterocycles. The third-order valence-corrected chi connectivity index (χ3v) is 3.78. The first-order valence-electron chi connectivity index (χ1n) is 7.04. The maximum atomic E-state index is 12.1. The van der Waals surface area contributed by atoms with Gasteiger partial charge in [-0.25, -0.2) is 0 Å². The maximum Gasteiger partial charge on any atom is 0.251 e. The molecular weight excluding hydrogens is 264 g/mol. The minimum absolute atomic E-state index is 0.0216. The Morgan fingerprint density at radius 2 is 2.00 bits per heavy atom. The topological polar surface area (TPSA) is 64.3 Å². The van der Waals surface area contributed by atoms with Crippen molar-refractivity contribution < 1.29 is 9.53 Å². The van der Waals surface area contributed by atoms with Gasteiger partial charge in [0.25, 0.3) is 5.91 Å². The van der Waals surface area contributed by atoms with Crippen LogP contribution in [0.25, 0.3) is 11.1 Å². The zero-order chi connectivity index (χ0) is 14.8. The largest absolute Gasteiger partial charge is 0.488 e. The summed E-state index contributed by atoms with van der Waals surface area (Å²) in [5.74, 6) is 0.751. The van der Waals surface area contributed by atoms with Crippen molar-refractivity contribution in [2.24, 2.45) is 5.73 Å². The van der Waals surface area contributed by atoms with Crippen molar-refractivity contribution in [3.63, 3.8) is 0 Å². The molecule has 4 nitrogen and oxygen atoms in total. The van der Waals surface area contributed by atoms with Crippen molar-refractivity contribution in [1.29, 1.82) is 0 Å². The zero-order valence-electron chi connectivity index (χ0n) is 11.9. The summed E-state index contributed by atoms with van der Waals surface area (Å²) in [7, 11) is 1.63. The van der Waals surface area contributed by atoms with Crippen LogP contribution in [0.1, 0.15) is 15.9 Å². The average molecular weight is 282 g/mol. The molecule has 2 aromatic carbocycles. The Kier molecular flexibility index (Phi) is 3.62. The number of hydrogen-bond donors (Lipinski definition) is 2. The van der Waals surface area contributed by atoms with E-state index in [4.69, 9.17) is 10.5 Å². The number of fused-ring (bicyclic) bond motifs is 1. The quantitative estimate of drug-likeness (QED) is 0.904. The van der Waals surface area contributed by atoms with Gasteiger partial charge in [-0.1, -0.05) is 36.4 Å². The number of hydrogen-bond acceptors (Lipinski definition) is 3. The van der Waals surface area contributed by atoms with Crippen molar-refractivity contribution in [2.75, 3.05) is 13.6 Å². The fourth-order valence-corrected chi connectivity index (χ4v) is 2.73. The normalized spacial score (nSPS) is 16.2. The summed E-state index contributed by atoms with van der Waals surface area (Å²) in [6, 6.07) is 13.6. The lowest BCUT2D eigenvalue weighted by atomic mass is 9.96. The van der Waals surface area contributed by atoms with Crippen LogP contribution in [0.15, 0.2) is 42.5 Å². The monoisotopic (exact) mass is 282 g/mol. The first-order chi connectivity index (χ1) is 10.2. The second-order valence-corrected chi connectivity index (χ2v) is 5.10. The highest BCUT2D eigenvalue weighted by Gasteiger charge is 2.25. The number of rotatable bonds is 3. The Morgan fingerprint density at radius 3 is 2.76 bits per heavy atom. The molecule has 0 bridgehead atoms. The second-order valence-electron chi connectivity index (χ2n) is 5.10. The fourth-order valence-electron chi connectivity index (χ4n) is 2.73. The summed E-state index contributed by atoms with van der Waals surface area (Å²) in [6.45, 7) is 0.491. The van der Waals surface area contributed by atoms with E-state index in [1.54, 1.807) is 7.05 Å². The summed E-state index contributed by atoms with van der Waals surface area (Å²) >= 11 is 0. The number of nitrogens with one attached hydrogen (secondary N) is 1. The van der Waals surface area contributed by atoms with E-state index in [0.29, 0.717) is 12.1 Å². The molecule has 1 atom stereocenters. The summed E-state index contributed by atoms with van der Waals surface area (Å²) < 4.78 is 5.95. The predicted octanol–water partition coefficient (Wildman–Crippen LogP) is 1.98. The van der Waals surface area contributed by atoms with Crippen LogP contribution in [0.4, 0.5) is 0 Å². The number of carbonyl (C=O) groups is 1. The predicted molar refractivity (Wildman–Crippen MR) is 82.4 cm³/mol. The van der Waals surface area contributed by atoms with Gasteiger partial charge in [-0.3, -0.25) is 4.79 Å². The fraction of sp³-hybridized carbons (Fsp3) is 0.235. The third-order valence-electron chi connectivity index (χ3n) is 3.78. The lowest BCUT2D eigenvalue weighted by Gasteiger charge is -2.13. The van der Waals surface area contributed by atoms with Crippen LogP contribution in [0.3, 0.4) is 0 Å². The molecule has 3 N–H and O–H groups in total. The smallest absolute Gasteiger partial charge is 0.251 e. The molecule has 0 saturated heterocycles. The lowest BCUT2D eigenvalue weighted by molar-refractivity contribution is 0.0963. The number of ether oxygens (including phenoxy) is 1. The molecule has 0 fully saturated rings. The van der Waals surface area contributed by atoms with Gasteiger partial charge in [0.1, 0.15) is 11.9 Å². The molecule has 0 aliphatic carbocycles. The molecule has 1 amide bonds. The van der Waals surface area contributed by atoms with Gasteiger partial charge in [-0.05, 0) is 17.2 Å². The average Bonchev–Trinajstić information content (AvgIpc) is 2.97. The van der Waals surface area contributed by atoms with Gasteiger partial charge in [0.05, 0.1) is 0 Å². The number of amides is 1. The van der Waals surface area contributed by atoms with Crippen LogP contribution < -0.4 is 15.8 Å². The Labute approximate surface area is 123 Å². The molecule has 21 heavy (non-hydrogen) atoms. The summed E-state index contributed by atoms with van der Waals surface area (Å²) in [5, 5.41) is 2.68. The van der Waals surface area contributed by atoms with Crippen LogP contribution in [0, 0.1) is 0 Å². The van der Waals surface area contributed by atoms with Crippen molar-refractivity contribution in [2.45, 2.75) is 12.5 Å². The van der Waals surface area contributed by atoms with E-state index in [1.807, 2.05) is 36.4 Å². The molecule has 108 valence electrons. The lowest BCUT2D eigenvalue weighted by Crippen LogP contribution is -2.24. The number of para-hydroxylation sites is 1. The molecule has 2 aromatic rings. The van der Waals surface area contributed by atoms with Gasteiger partial charge in [0.15, 0.2) is 0 Å². The molecule has 0 saturated carbocycles. The summed E-state index contributed by atoms with van der Waals surface area (Å²) in [6.07, 6.45) is 0.843. The first kappa shape index (κ1) is 13.6. The van der Waals surface area contributed by atoms with E-state index in [2.05, 4.69) is 11.4 Å². The van der Waals surface area contributed by atoms with E-state index in [1.165, 1.54) is 0 Å². The van der Waals surface area contributed by atoms with Gasteiger partial charge in [0, 0.05) is 31.1 Å². The number of nitrogens with two attached hydrogens (primary N) is 1. The summed E-state index contributed by atoms with van der Waals surface area (Å²) in [5.41, 5.74) is 9.33. The maximum absolute atomic E-state index is 12.1. The highest BCUT2D eigenvalue weighted by atomic mass is 16.5. The van der Waals surface area contributed by atoms with Crippen LogP contribution in [-0.4, -0.2) is 25.6 Å². The van der Waals surface area contributed by atoms with Crippen LogP contribution in [0.2, 0.25) is 0 Å². The van der Waals surface area contributed by atoms with Gasteiger partial charge >= 0.3 is 0 Å². The first-order valence-corrected chi connectivity index (χ1v) is 7.04. The molecular formula is C17H18N2O2. The minimum Gasteiger partial charge on any atom is -0.488 e. The van der Waals surface area contributed by atoms with Gasteiger partial charge < -0.3 is 15.8 Å².